The zero-order valence-electron chi connectivity index (χ0n) is 20.1. The Hall–Kier alpha value is -3.56. The van der Waals surface area contributed by atoms with Crippen molar-refractivity contribution in [1.29, 1.82) is 0 Å². The number of nitrogens with zero attached hydrogens (tertiary/aromatic N) is 7. The molecule has 4 aromatic rings. The number of aromatic nitrogens is 7. The van der Waals surface area contributed by atoms with E-state index in [1.165, 1.54) is 6.33 Å². The van der Waals surface area contributed by atoms with Crippen LogP contribution in [-0.4, -0.2) is 39.5 Å². The van der Waals surface area contributed by atoms with Crippen molar-refractivity contribution in [3.63, 3.8) is 0 Å². The summed E-state index contributed by atoms with van der Waals surface area (Å²) in [5.41, 5.74) is 3.73. The van der Waals surface area contributed by atoms with E-state index in [4.69, 9.17) is 4.98 Å². The van der Waals surface area contributed by atoms with Gasteiger partial charge in [-0.1, -0.05) is 0 Å². The summed E-state index contributed by atoms with van der Waals surface area (Å²) in [7, 11) is 1.79. The highest BCUT2D eigenvalue weighted by Gasteiger charge is 2.58. The second kappa shape index (κ2) is 6.99. The maximum absolute atomic E-state index is 13.5. The average Bonchev–Trinajstić information content (AvgIpc) is 3.36. The zero-order chi connectivity index (χ0) is 24.1. The van der Waals surface area contributed by atoms with Crippen LogP contribution in [0.3, 0.4) is 0 Å². The van der Waals surface area contributed by atoms with Crippen molar-refractivity contribution >= 4 is 34.2 Å². The second-order valence-electron chi connectivity index (χ2n) is 11.0. The van der Waals surface area contributed by atoms with Crippen LogP contribution in [0.5, 0.6) is 0 Å². The highest BCUT2D eigenvalue weighted by atomic mass is 16.2. The van der Waals surface area contributed by atoms with Gasteiger partial charge in [-0.2, -0.15) is 10.1 Å². The fourth-order valence-corrected chi connectivity index (χ4v) is 7.52. The van der Waals surface area contributed by atoms with E-state index in [1.807, 2.05) is 23.8 Å². The number of carbonyl (C=O) groups is 1. The van der Waals surface area contributed by atoms with E-state index in [0.717, 1.165) is 54.5 Å². The first-order chi connectivity index (χ1) is 16.8. The minimum Gasteiger partial charge on any atom is -0.323 e. The van der Waals surface area contributed by atoms with Crippen LogP contribution in [-0.2, 0) is 11.8 Å². The predicted molar refractivity (Wildman–Crippen MR) is 129 cm³/mol. The molecule has 0 aliphatic heterocycles. The average molecular weight is 473 g/mol. The van der Waals surface area contributed by atoms with Crippen LogP contribution < -0.4 is 11.0 Å². The van der Waals surface area contributed by atoms with E-state index in [2.05, 4.69) is 20.4 Å². The number of Topliss-reactive ketones (excluding diaryl/α,β-unsaturated/α-hetero) is 1. The highest BCUT2D eigenvalue weighted by molar-refractivity contribution is 5.83. The van der Waals surface area contributed by atoms with Gasteiger partial charge < -0.3 is 5.32 Å². The maximum atomic E-state index is 13.5. The molecule has 8 rings (SSSR count). The monoisotopic (exact) mass is 472 g/mol. The Morgan fingerprint density at radius 3 is 2.69 bits per heavy atom. The summed E-state index contributed by atoms with van der Waals surface area (Å²) < 4.78 is 5.26. The molecule has 4 heterocycles. The number of anilines is 2. The third kappa shape index (κ3) is 2.88. The van der Waals surface area contributed by atoms with E-state index in [9.17, 15) is 9.59 Å². The summed E-state index contributed by atoms with van der Waals surface area (Å²) in [5, 5.41) is 7.52. The Balaban J connectivity index is 1.31. The molecule has 10 nitrogen and oxygen atoms in total. The van der Waals surface area contributed by atoms with Crippen LogP contribution in [0.15, 0.2) is 29.6 Å². The summed E-state index contributed by atoms with van der Waals surface area (Å²) in [4.78, 5) is 39.7. The highest BCUT2D eigenvalue weighted by Crippen LogP contribution is 2.63. The van der Waals surface area contributed by atoms with Crippen molar-refractivity contribution in [2.24, 2.45) is 30.2 Å². The number of rotatable bonds is 4. The van der Waals surface area contributed by atoms with Crippen LogP contribution in [0, 0.1) is 30.1 Å². The quantitative estimate of drug-likeness (QED) is 0.485. The number of aryl methyl sites for hydroxylation is 2. The van der Waals surface area contributed by atoms with Gasteiger partial charge in [0.05, 0.1) is 18.1 Å². The Kier molecular flexibility index (Phi) is 4.15. The van der Waals surface area contributed by atoms with Crippen molar-refractivity contribution < 1.29 is 4.79 Å². The summed E-state index contributed by atoms with van der Waals surface area (Å²) in [6.07, 6.45) is 10.1. The van der Waals surface area contributed by atoms with Gasteiger partial charge in [0.1, 0.15) is 17.6 Å². The van der Waals surface area contributed by atoms with Gasteiger partial charge in [0, 0.05) is 18.5 Å². The van der Waals surface area contributed by atoms with E-state index < -0.39 is 0 Å². The van der Waals surface area contributed by atoms with E-state index in [-0.39, 0.29) is 17.1 Å². The number of hydrogen-bond donors (Lipinski definition) is 1. The lowest BCUT2D eigenvalue weighted by atomic mass is 9.47. The molecule has 4 fully saturated rings. The molecular weight excluding hydrogens is 444 g/mol. The molecule has 2 atom stereocenters. The molecule has 0 saturated heterocycles. The van der Waals surface area contributed by atoms with E-state index >= 15 is 0 Å². The molecule has 4 bridgehead atoms. The SMILES string of the molecule is CC(=O)C12CC3CC(C1)C(n1c(=O)n(C)c4cnc(Nc5cn6ncnc6cc5C)nc41)C(C3)C2. The Bertz CT molecular complexity index is 1560. The standard InChI is InChI=1S/C25H28N8O2/c1-13-4-20-27-12-28-32(20)11-18(13)29-23-26-10-19-22(30-23)33(24(35)31(19)3)21-16-5-15-6-17(21)9-25(7-15,8-16)14(2)34/h4,10-12,15-17,21H,5-9H2,1-3H3,(H,26,29,30). The van der Waals surface area contributed by atoms with E-state index in [1.54, 1.807) is 29.3 Å². The normalized spacial score (nSPS) is 29.3. The molecule has 10 heteroatoms. The lowest BCUT2D eigenvalue weighted by Gasteiger charge is -2.59. The number of pyridine rings is 1. The van der Waals surface area contributed by atoms with Crippen molar-refractivity contribution in [2.75, 3.05) is 5.32 Å². The van der Waals surface area contributed by atoms with Gasteiger partial charge in [0.15, 0.2) is 11.3 Å². The topological polar surface area (TPSA) is 112 Å². The van der Waals surface area contributed by atoms with Crippen molar-refractivity contribution in [1.82, 2.24) is 33.7 Å². The van der Waals surface area contributed by atoms with Gasteiger partial charge in [0.25, 0.3) is 0 Å². The first-order valence-electron chi connectivity index (χ1n) is 12.3. The van der Waals surface area contributed by atoms with Gasteiger partial charge in [-0.3, -0.25) is 13.9 Å². The molecule has 0 radical (unpaired) electrons. The van der Waals surface area contributed by atoms with Gasteiger partial charge in [-0.05, 0) is 75.3 Å². The Morgan fingerprint density at radius 2 is 1.94 bits per heavy atom. The third-order valence-corrected chi connectivity index (χ3v) is 8.97. The van der Waals surface area contributed by atoms with Crippen LogP contribution >= 0.6 is 0 Å². The number of ketones is 1. The molecule has 180 valence electrons. The molecule has 35 heavy (non-hydrogen) atoms. The zero-order valence-corrected chi connectivity index (χ0v) is 20.1. The second-order valence-corrected chi connectivity index (χ2v) is 11.0. The number of hydrogen-bond acceptors (Lipinski definition) is 7. The molecule has 4 aliphatic rings. The summed E-state index contributed by atoms with van der Waals surface area (Å²) in [6.45, 7) is 3.75. The lowest BCUT2D eigenvalue weighted by Crippen LogP contribution is -2.55. The minimum absolute atomic E-state index is 0.0546. The maximum Gasteiger partial charge on any atom is 0.330 e. The molecule has 0 aromatic carbocycles. The molecule has 1 N–H and O–H groups in total. The largest absolute Gasteiger partial charge is 0.330 e. The molecule has 4 aromatic heterocycles. The van der Waals surface area contributed by atoms with Crippen LogP contribution in [0.1, 0.15) is 50.6 Å². The van der Waals surface area contributed by atoms with Gasteiger partial charge in [0.2, 0.25) is 5.95 Å². The van der Waals surface area contributed by atoms with Crippen LogP contribution in [0.2, 0.25) is 0 Å². The molecule has 0 amide bonds. The summed E-state index contributed by atoms with van der Waals surface area (Å²) >= 11 is 0. The van der Waals surface area contributed by atoms with Crippen molar-refractivity contribution in [3.8, 4) is 0 Å². The smallest absolute Gasteiger partial charge is 0.323 e. The molecule has 4 saturated carbocycles. The Labute approximate surface area is 201 Å². The third-order valence-electron chi connectivity index (χ3n) is 8.97. The van der Waals surface area contributed by atoms with Crippen molar-refractivity contribution in [2.45, 2.75) is 52.0 Å². The number of nitrogens with one attached hydrogen (secondary N) is 1. The minimum atomic E-state index is -0.180. The molecule has 4 aliphatic carbocycles. The lowest BCUT2D eigenvalue weighted by molar-refractivity contribution is -0.147. The van der Waals surface area contributed by atoms with Crippen molar-refractivity contribution in [3.05, 3.63) is 40.8 Å². The van der Waals surface area contributed by atoms with Gasteiger partial charge in [-0.15, -0.1) is 0 Å². The first-order valence-corrected chi connectivity index (χ1v) is 12.3. The number of imidazole rings is 1. The van der Waals surface area contributed by atoms with Gasteiger partial charge in [-0.25, -0.2) is 19.3 Å². The van der Waals surface area contributed by atoms with Crippen LogP contribution in [0.25, 0.3) is 16.8 Å². The molecule has 0 spiro atoms. The first kappa shape index (κ1) is 20.8. The summed E-state index contributed by atoms with van der Waals surface area (Å²) in [5.74, 6) is 2.02. The van der Waals surface area contributed by atoms with Gasteiger partial charge >= 0.3 is 5.69 Å². The molecule has 2 unspecified atom stereocenters. The predicted octanol–water partition coefficient (Wildman–Crippen LogP) is 3.18. The van der Waals surface area contributed by atoms with Crippen LogP contribution in [0.4, 0.5) is 11.6 Å². The molecular formula is C25H28N8O2. The number of fused-ring (bicyclic) bond motifs is 2. The fraction of sp³-hybridized carbons (Fsp3) is 0.520. The number of carbonyl (C=O) groups excluding carboxylic acids is 1. The fourth-order valence-electron chi connectivity index (χ4n) is 7.52. The Morgan fingerprint density at radius 1 is 1.17 bits per heavy atom. The summed E-state index contributed by atoms with van der Waals surface area (Å²) in [6, 6.07) is 2.03. The van der Waals surface area contributed by atoms with E-state index in [0.29, 0.717) is 35.1 Å².